The molecule has 1 aliphatic carbocycles. The molecule has 0 radical (unpaired) electrons. The first kappa shape index (κ1) is 15.0. The number of hydrogen-bond acceptors (Lipinski definition) is 3. The first-order valence-electron chi connectivity index (χ1n) is 7.04. The van der Waals surface area contributed by atoms with Gasteiger partial charge >= 0.3 is 6.61 Å². The molecule has 0 saturated heterocycles. The van der Waals surface area contributed by atoms with Crippen molar-refractivity contribution in [2.24, 2.45) is 0 Å². The highest BCUT2D eigenvalue weighted by Gasteiger charge is 2.17. The Morgan fingerprint density at radius 1 is 1.25 bits per heavy atom. The van der Waals surface area contributed by atoms with Gasteiger partial charge in [-0.3, -0.25) is 0 Å². The van der Waals surface area contributed by atoms with Gasteiger partial charge in [-0.15, -0.1) is 0 Å². The van der Waals surface area contributed by atoms with Gasteiger partial charge in [0.2, 0.25) is 0 Å². The summed E-state index contributed by atoms with van der Waals surface area (Å²) in [7, 11) is 1.45. The number of ether oxygens (including phenoxy) is 2. The Morgan fingerprint density at radius 3 is 2.65 bits per heavy atom. The lowest BCUT2D eigenvalue weighted by Gasteiger charge is -2.23. The van der Waals surface area contributed by atoms with Gasteiger partial charge in [0.1, 0.15) is 0 Å². The van der Waals surface area contributed by atoms with E-state index in [2.05, 4.69) is 10.1 Å². The van der Waals surface area contributed by atoms with Crippen molar-refractivity contribution in [1.82, 2.24) is 5.32 Å². The summed E-state index contributed by atoms with van der Waals surface area (Å²) < 4.78 is 34.7. The Bertz CT molecular complexity index is 420. The van der Waals surface area contributed by atoms with Crippen LogP contribution in [0.5, 0.6) is 11.5 Å². The van der Waals surface area contributed by atoms with E-state index < -0.39 is 6.61 Å². The van der Waals surface area contributed by atoms with E-state index in [9.17, 15) is 8.78 Å². The molecule has 0 aliphatic heterocycles. The monoisotopic (exact) mass is 285 g/mol. The lowest BCUT2D eigenvalue weighted by molar-refractivity contribution is -0.0519. The van der Waals surface area contributed by atoms with Crippen LogP contribution in [-0.4, -0.2) is 19.8 Å². The van der Waals surface area contributed by atoms with E-state index in [0.717, 1.165) is 12.8 Å². The molecule has 0 atom stereocenters. The third kappa shape index (κ3) is 4.07. The fourth-order valence-electron chi connectivity index (χ4n) is 2.65. The maximum absolute atomic E-state index is 12.5. The third-order valence-electron chi connectivity index (χ3n) is 3.67. The zero-order valence-electron chi connectivity index (χ0n) is 11.7. The Morgan fingerprint density at radius 2 is 2.00 bits per heavy atom. The minimum Gasteiger partial charge on any atom is -0.493 e. The van der Waals surface area contributed by atoms with E-state index in [1.54, 1.807) is 18.2 Å². The fourth-order valence-corrected chi connectivity index (χ4v) is 2.65. The predicted molar refractivity (Wildman–Crippen MR) is 73.3 cm³/mol. The highest BCUT2D eigenvalue weighted by Crippen LogP contribution is 2.32. The van der Waals surface area contributed by atoms with Crippen molar-refractivity contribution >= 4 is 0 Å². The number of alkyl halides is 2. The van der Waals surface area contributed by atoms with E-state index in [1.807, 2.05) is 0 Å². The van der Waals surface area contributed by atoms with Crippen LogP contribution in [0.25, 0.3) is 0 Å². The van der Waals surface area contributed by atoms with Crippen molar-refractivity contribution in [3.63, 3.8) is 0 Å². The van der Waals surface area contributed by atoms with Crippen LogP contribution in [0.1, 0.15) is 37.7 Å². The number of rotatable bonds is 6. The van der Waals surface area contributed by atoms with Gasteiger partial charge in [-0.1, -0.05) is 31.4 Å². The maximum atomic E-state index is 12.5. The summed E-state index contributed by atoms with van der Waals surface area (Å²) in [6, 6.07) is 5.67. The van der Waals surface area contributed by atoms with E-state index in [0.29, 0.717) is 23.9 Å². The van der Waals surface area contributed by atoms with Crippen LogP contribution < -0.4 is 14.8 Å². The average Bonchev–Trinajstić information content (AvgIpc) is 2.46. The van der Waals surface area contributed by atoms with E-state index in [4.69, 9.17) is 4.74 Å². The molecule has 112 valence electrons. The van der Waals surface area contributed by atoms with Crippen molar-refractivity contribution in [3.05, 3.63) is 23.8 Å². The molecule has 0 spiro atoms. The number of nitrogens with one attached hydrogen (secondary N) is 1. The predicted octanol–water partition coefficient (Wildman–Crippen LogP) is 3.72. The summed E-state index contributed by atoms with van der Waals surface area (Å²) in [6.07, 6.45) is 6.05. The second-order valence-electron chi connectivity index (χ2n) is 5.04. The van der Waals surface area contributed by atoms with E-state index >= 15 is 0 Å². The lowest BCUT2D eigenvalue weighted by Crippen LogP contribution is -2.30. The van der Waals surface area contributed by atoms with E-state index in [1.165, 1.54) is 26.4 Å². The summed E-state index contributed by atoms with van der Waals surface area (Å²) in [5.41, 5.74) is 0.704. The molecule has 0 bridgehead atoms. The highest BCUT2D eigenvalue weighted by atomic mass is 19.3. The number of methoxy groups -OCH3 is 1. The molecule has 0 amide bonds. The molecule has 1 aromatic carbocycles. The minimum atomic E-state index is -2.85. The standard InChI is InChI=1S/C15H21F2NO2/c1-19-13-9-5-6-11(14(13)20-15(16)17)10-18-12-7-3-2-4-8-12/h5-6,9,12,15,18H,2-4,7-8,10H2,1H3. The van der Waals surface area contributed by atoms with Crippen LogP contribution >= 0.6 is 0 Å². The zero-order chi connectivity index (χ0) is 14.4. The number of benzene rings is 1. The van der Waals surface area contributed by atoms with Crippen molar-refractivity contribution in [3.8, 4) is 11.5 Å². The second-order valence-corrected chi connectivity index (χ2v) is 5.04. The van der Waals surface area contributed by atoms with Gasteiger partial charge in [0.15, 0.2) is 11.5 Å². The van der Waals surface area contributed by atoms with Gasteiger partial charge in [-0.2, -0.15) is 8.78 Å². The number of hydrogen-bond donors (Lipinski definition) is 1. The molecule has 1 aromatic rings. The van der Waals surface area contributed by atoms with Crippen LogP contribution in [0.4, 0.5) is 8.78 Å². The van der Waals surface area contributed by atoms with Gasteiger partial charge in [-0.05, 0) is 18.9 Å². The third-order valence-corrected chi connectivity index (χ3v) is 3.67. The maximum Gasteiger partial charge on any atom is 0.387 e. The molecule has 1 aliphatic rings. The first-order chi connectivity index (χ1) is 9.70. The Kier molecular flexibility index (Phi) is 5.59. The van der Waals surface area contributed by atoms with Gasteiger partial charge in [0.25, 0.3) is 0 Å². The highest BCUT2D eigenvalue weighted by molar-refractivity contribution is 5.46. The molecule has 2 rings (SSSR count). The molecule has 1 fully saturated rings. The van der Waals surface area contributed by atoms with Crippen LogP contribution in [0, 0.1) is 0 Å². The van der Waals surface area contributed by atoms with Gasteiger partial charge < -0.3 is 14.8 Å². The quantitative estimate of drug-likeness (QED) is 0.864. The Balaban J connectivity index is 2.05. The van der Waals surface area contributed by atoms with Gasteiger partial charge in [-0.25, -0.2) is 0 Å². The van der Waals surface area contributed by atoms with Gasteiger partial charge in [0.05, 0.1) is 7.11 Å². The topological polar surface area (TPSA) is 30.5 Å². The smallest absolute Gasteiger partial charge is 0.387 e. The summed E-state index contributed by atoms with van der Waals surface area (Å²) in [4.78, 5) is 0. The SMILES string of the molecule is COc1cccc(CNC2CCCCC2)c1OC(F)F. The minimum absolute atomic E-state index is 0.133. The summed E-state index contributed by atoms with van der Waals surface area (Å²) in [5, 5.41) is 3.42. The number of para-hydroxylation sites is 1. The van der Waals surface area contributed by atoms with Crippen LogP contribution in [0.3, 0.4) is 0 Å². The Labute approximate surface area is 118 Å². The molecule has 0 heterocycles. The van der Waals surface area contributed by atoms with Crippen molar-refractivity contribution < 1.29 is 18.3 Å². The van der Waals surface area contributed by atoms with Crippen LogP contribution in [0.15, 0.2) is 18.2 Å². The summed E-state index contributed by atoms with van der Waals surface area (Å²) in [6.45, 7) is -2.33. The number of halogens is 2. The average molecular weight is 285 g/mol. The van der Waals surface area contributed by atoms with E-state index in [-0.39, 0.29) is 5.75 Å². The first-order valence-corrected chi connectivity index (χ1v) is 7.04. The molecule has 3 nitrogen and oxygen atoms in total. The summed E-state index contributed by atoms with van der Waals surface area (Å²) in [5.74, 6) is 0.474. The molecule has 1 saturated carbocycles. The molecule has 20 heavy (non-hydrogen) atoms. The van der Waals surface area contributed by atoms with Crippen molar-refractivity contribution in [1.29, 1.82) is 0 Å². The van der Waals surface area contributed by atoms with Gasteiger partial charge in [0, 0.05) is 18.2 Å². The van der Waals surface area contributed by atoms with Crippen molar-refractivity contribution in [2.45, 2.75) is 51.3 Å². The Hall–Kier alpha value is -1.36. The van der Waals surface area contributed by atoms with Crippen LogP contribution in [-0.2, 0) is 6.54 Å². The van der Waals surface area contributed by atoms with Crippen molar-refractivity contribution in [2.75, 3.05) is 7.11 Å². The van der Waals surface area contributed by atoms with Crippen LogP contribution in [0.2, 0.25) is 0 Å². The summed E-state index contributed by atoms with van der Waals surface area (Å²) >= 11 is 0. The molecule has 0 unspecified atom stereocenters. The zero-order valence-corrected chi connectivity index (χ0v) is 11.7. The molecule has 0 aromatic heterocycles. The molecule has 5 heteroatoms. The lowest BCUT2D eigenvalue weighted by atomic mass is 9.95. The normalized spacial score (nSPS) is 16.4. The largest absolute Gasteiger partial charge is 0.493 e. The second kappa shape index (κ2) is 7.43. The fraction of sp³-hybridized carbons (Fsp3) is 0.600. The molecular formula is C15H21F2NO2. The molecular weight excluding hydrogens is 264 g/mol. The molecule has 1 N–H and O–H groups in total.